The SMILES string of the molecule is CN(C)C1(CNC(=O)c2ccc(/C=C/C(=O)O)s2)CCC1. The molecule has 1 aromatic heterocycles. The number of carboxylic acids is 1. The summed E-state index contributed by atoms with van der Waals surface area (Å²) >= 11 is 1.29. The summed E-state index contributed by atoms with van der Waals surface area (Å²) in [4.78, 5) is 26.2. The molecule has 114 valence electrons. The zero-order valence-electron chi connectivity index (χ0n) is 12.3. The predicted molar refractivity (Wildman–Crippen MR) is 83.6 cm³/mol. The topological polar surface area (TPSA) is 69.6 Å². The molecule has 21 heavy (non-hydrogen) atoms. The van der Waals surface area contributed by atoms with Crippen LogP contribution in [0.1, 0.15) is 33.8 Å². The van der Waals surface area contributed by atoms with Gasteiger partial charge in [0.25, 0.3) is 5.91 Å². The van der Waals surface area contributed by atoms with Crippen molar-refractivity contribution in [2.24, 2.45) is 0 Å². The van der Waals surface area contributed by atoms with Crippen molar-refractivity contribution >= 4 is 29.3 Å². The highest BCUT2D eigenvalue weighted by molar-refractivity contribution is 7.14. The van der Waals surface area contributed by atoms with Crippen molar-refractivity contribution < 1.29 is 14.7 Å². The highest BCUT2D eigenvalue weighted by Crippen LogP contribution is 2.35. The summed E-state index contributed by atoms with van der Waals surface area (Å²) < 4.78 is 0. The van der Waals surface area contributed by atoms with Gasteiger partial charge in [0, 0.05) is 23.0 Å². The van der Waals surface area contributed by atoms with Crippen LogP contribution in [0.15, 0.2) is 18.2 Å². The van der Waals surface area contributed by atoms with Gasteiger partial charge in [0.2, 0.25) is 0 Å². The number of thiophene rings is 1. The lowest BCUT2D eigenvalue weighted by atomic mass is 9.75. The number of nitrogens with one attached hydrogen (secondary N) is 1. The van der Waals surface area contributed by atoms with Crippen molar-refractivity contribution in [3.63, 3.8) is 0 Å². The smallest absolute Gasteiger partial charge is 0.328 e. The fourth-order valence-electron chi connectivity index (χ4n) is 2.42. The van der Waals surface area contributed by atoms with E-state index in [2.05, 4.69) is 10.2 Å². The molecule has 1 aromatic rings. The first-order chi connectivity index (χ1) is 9.93. The first-order valence-electron chi connectivity index (χ1n) is 6.89. The van der Waals surface area contributed by atoms with Gasteiger partial charge in [0.15, 0.2) is 0 Å². The van der Waals surface area contributed by atoms with E-state index >= 15 is 0 Å². The number of hydrogen-bond acceptors (Lipinski definition) is 4. The van der Waals surface area contributed by atoms with E-state index in [1.165, 1.54) is 23.8 Å². The summed E-state index contributed by atoms with van der Waals surface area (Å²) in [6.45, 7) is 0.650. The maximum atomic E-state index is 12.1. The Morgan fingerprint density at radius 2 is 2.14 bits per heavy atom. The molecule has 0 spiro atoms. The number of carbonyl (C=O) groups is 2. The molecule has 0 radical (unpaired) electrons. The summed E-state index contributed by atoms with van der Waals surface area (Å²) in [7, 11) is 4.09. The third kappa shape index (κ3) is 3.71. The van der Waals surface area contributed by atoms with Gasteiger partial charge in [0.05, 0.1) is 4.88 Å². The summed E-state index contributed by atoms with van der Waals surface area (Å²) in [5, 5.41) is 11.6. The van der Waals surface area contributed by atoms with Crippen LogP contribution in [0.4, 0.5) is 0 Å². The van der Waals surface area contributed by atoms with Crippen molar-refractivity contribution in [3.8, 4) is 0 Å². The third-order valence-corrected chi connectivity index (χ3v) is 5.10. The largest absolute Gasteiger partial charge is 0.478 e. The number of rotatable bonds is 6. The van der Waals surface area contributed by atoms with Gasteiger partial charge in [-0.3, -0.25) is 4.79 Å². The minimum absolute atomic E-state index is 0.0944. The number of carboxylic acid groups (broad SMARTS) is 1. The summed E-state index contributed by atoms with van der Waals surface area (Å²) in [5.74, 6) is -1.09. The molecular weight excluding hydrogens is 288 g/mol. The molecule has 0 aromatic carbocycles. The van der Waals surface area contributed by atoms with Crippen molar-refractivity contribution in [2.75, 3.05) is 20.6 Å². The molecule has 0 aliphatic heterocycles. The first-order valence-corrected chi connectivity index (χ1v) is 7.71. The van der Waals surface area contributed by atoms with Gasteiger partial charge in [0.1, 0.15) is 0 Å². The predicted octanol–water partition coefficient (Wildman–Crippen LogP) is 2.06. The Balaban J connectivity index is 1.93. The number of nitrogens with zero attached hydrogens (tertiary/aromatic N) is 1. The molecule has 0 saturated heterocycles. The lowest BCUT2D eigenvalue weighted by Gasteiger charge is -2.47. The molecule has 5 nitrogen and oxygen atoms in total. The maximum Gasteiger partial charge on any atom is 0.328 e. The van der Waals surface area contributed by atoms with Crippen LogP contribution in [0.25, 0.3) is 6.08 Å². The highest BCUT2D eigenvalue weighted by Gasteiger charge is 2.39. The summed E-state index contributed by atoms with van der Waals surface area (Å²) in [5.41, 5.74) is 0.0962. The molecule has 0 unspecified atom stereocenters. The van der Waals surface area contributed by atoms with Gasteiger partial charge >= 0.3 is 5.97 Å². The minimum atomic E-state index is -0.993. The average molecular weight is 308 g/mol. The summed E-state index contributed by atoms with van der Waals surface area (Å²) in [6.07, 6.45) is 5.99. The summed E-state index contributed by atoms with van der Waals surface area (Å²) in [6, 6.07) is 3.48. The van der Waals surface area contributed by atoms with Gasteiger partial charge in [-0.2, -0.15) is 0 Å². The molecule has 1 fully saturated rings. The number of aliphatic carboxylic acids is 1. The van der Waals surface area contributed by atoms with Crippen LogP contribution >= 0.6 is 11.3 Å². The molecule has 1 amide bonds. The van der Waals surface area contributed by atoms with Gasteiger partial charge in [-0.1, -0.05) is 0 Å². The number of likely N-dealkylation sites (N-methyl/N-ethyl adjacent to an activating group) is 1. The Kier molecular flexibility index (Phi) is 4.80. The standard InChI is InChI=1S/C15H20N2O3S/c1-17(2)15(8-3-9-15)10-16-14(20)12-6-4-11(21-12)5-7-13(18)19/h4-7H,3,8-10H2,1-2H3,(H,16,20)(H,18,19)/b7-5+. The minimum Gasteiger partial charge on any atom is -0.478 e. The van der Waals surface area contributed by atoms with Crippen LogP contribution in [0, 0.1) is 0 Å². The Labute approximate surface area is 128 Å². The Bertz CT molecular complexity index is 559. The van der Waals surface area contributed by atoms with E-state index in [0.717, 1.165) is 23.8 Å². The second kappa shape index (κ2) is 6.41. The monoisotopic (exact) mass is 308 g/mol. The second-order valence-corrected chi connectivity index (χ2v) is 6.64. The molecule has 2 rings (SSSR count). The molecule has 6 heteroatoms. The van der Waals surface area contributed by atoms with E-state index in [1.54, 1.807) is 12.1 Å². The zero-order chi connectivity index (χ0) is 15.5. The third-order valence-electron chi connectivity index (χ3n) is 4.05. The van der Waals surface area contributed by atoms with Crippen molar-refractivity contribution in [3.05, 3.63) is 28.0 Å². The Morgan fingerprint density at radius 3 is 2.67 bits per heavy atom. The van der Waals surface area contributed by atoms with Gasteiger partial charge in [-0.25, -0.2) is 4.79 Å². The van der Waals surface area contributed by atoms with Crippen molar-refractivity contribution in [1.29, 1.82) is 0 Å². The quantitative estimate of drug-likeness (QED) is 0.789. The Hall–Kier alpha value is -1.66. The van der Waals surface area contributed by atoms with Gasteiger partial charge < -0.3 is 15.3 Å². The zero-order valence-corrected chi connectivity index (χ0v) is 13.1. The first kappa shape index (κ1) is 15.7. The number of hydrogen-bond donors (Lipinski definition) is 2. The van der Waals surface area contributed by atoms with Crippen molar-refractivity contribution in [2.45, 2.75) is 24.8 Å². The van der Waals surface area contributed by atoms with Crippen LogP contribution in [0.5, 0.6) is 0 Å². The fraction of sp³-hybridized carbons (Fsp3) is 0.467. The lowest BCUT2D eigenvalue weighted by molar-refractivity contribution is -0.131. The maximum absolute atomic E-state index is 12.1. The second-order valence-electron chi connectivity index (χ2n) is 5.53. The molecule has 1 heterocycles. The van der Waals surface area contributed by atoms with Crippen LogP contribution in [-0.4, -0.2) is 48.1 Å². The number of carbonyl (C=O) groups excluding carboxylic acids is 1. The van der Waals surface area contributed by atoms with Gasteiger partial charge in [-0.05, 0) is 51.6 Å². The van der Waals surface area contributed by atoms with Crippen LogP contribution in [0.2, 0.25) is 0 Å². The van der Waals surface area contributed by atoms with E-state index in [9.17, 15) is 9.59 Å². The van der Waals surface area contributed by atoms with Crippen LogP contribution < -0.4 is 5.32 Å². The fourth-order valence-corrected chi connectivity index (χ4v) is 3.24. The van der Waals surface area contributed by atoms with E-state index in [0.29, 0.717) is 11.4 Å². The van der Waals surface area contributed by atoms with Gasteiger partial charge in [-0.15, -0.1) is 11.3 Å². The highest BCUT2D eigenvalue weighted by atomic mass is 32.1. The Morgan fingerprint density at radius 1 is 1.43 bits per heavy atom. The average Bonchev–Trinajstić information content (AvgIpc) is 2.83. The number of amides is 1. The molecule has 1 aliphatic rings. The van der Waals surface area contributed by atoms with Crippen LogP contribution in [0.3, 0.4) is 0 Å². The van der Waals surface area contributed by atoms with E-state index in [-0.39, 0.29) is 11.4 Å². The lowest BCUT2D eigenvalue weighted by Crippen LogP contribution is -2.57. The molecule has 1 saturated carbocycles. The molecule has 2 N–H and O–H groups in total. The van der Waals surface area contributed by atoms with Crippen LogP contribution in [-0.2, 0) is 4.79 Å². The van der Waals surface area contributed by atoms with E-state index < -0.39 is 5.97 Å². The van der Waals surface area contributed by atoms with Crippen molar-refractivity contribution in [1.82, 2.24) is 10.2 Å². The molecule has 1 aliphatic carbocycles. The molecular formula is C15H20N2O3S. The van der Waals surface area contributed by atoms with E-state index in [1.807, 2.05) is 14.1 Å². The van der Waals surface area contributed by atoms with E-state index in [4.69, 9.17) is 5.11 Å². The molecule has 0 atom stereocenters. The normalized spacial score (nSPS) is 16.9. The molecule has 0 bridgehead atoms.